The van der Waals surface area contributed by atoms with Crippen LogP contribution in [0.2, 0.25) is 5.02 Å². The largest absolute Gasteiger partial charge is 0.418 e. The van der Waals surface area contributed by atoms with Crippen molar-refractivity contribution in [3.05, 3.63) is 89.1 Å². The van der Waals surface area contributed by atoms with Crippen molar-refractivity contribution in [1.82, 2.24) is 4.98 Å². The number of urea groups is 1. The maximum absolute atomic E-state index is 13.5. The van der Waals surface area contributed by atoms with Crippen LogP contribution < -0.4 is 10.6 Å². The molecule has 0 saturated carbocycles. The van der Waals surface area contributed by atoms with E-state index in [1.807, 2.05) is 6.07 Å². The first-order valence-corrected chi connectivity index (χ1v) is 9.93. The number of carbonyl (C=O) groups excluding carboxylic acids is 1. The molecule has 1 heterocycles. The summed E-state index contributed by atoms with van der Waals surface area (Å²) in [5.41, 5.74) is 5.86. The molecule has 0 bridgehead atoms. The van der Waals surface area contributed by atoms with Gasteiger partial charge in [-0.25, -0.2) is 4.79 Å². The molecule has 164 valence electrons. The number of anilines is 2. The van der Waals surface area contributed by atoms with E-state index in [0.29, 0.717) is 16.9 Å². The Hall–Kier alpha value is -4.09. The Morgan fingerprint density at radius 2 is 1.79 bits per heavy atom. The van der Waals surface area contributed by atoms with Gasteiger partial charge in [-0.1, -0.05) is 48.0 Å². The summed E-state index contributed by atoms with van der Waals surface area (Å²) >= 11 is 6.25. The van der Waals surface area contributed by atoms with Crippen molar-refractivity contribution in [2.45, 2.75) is 6.18 Å². The van der Waals surface area contributed by atoms with Gasteiger partial charge in [-0.05, 0) is 35.9 Å². The van der Waals surface area contributed by atoms with Crippen molar-refractivity contribution in [1.29, 1.82) is 5.26 Å². The number of pyridine rings is 1. The number of alkyl halides is 3. The third kappa shape index (κ3) is 4.06. The fourth-order valence-electron chi connectivity index (χ4n) is 3.67. The first-order chi connectivity index (χ1) is 15.7. The number of carbonyl (C=O) groups is 1. The number of primary amides is 1. The van der Waals surface area contributed by atoms with Gasteiger partial charge in [-0.3, -0.25) is 9.88 Å². The van der Waals surface area contributed by atoms with Crippen molar-refractivity contribution < 1.29 is 18.0 Å². The molecule has 0 aliphatic carbocycles. The number of para-hydroxylation sites is 2. The third-order valence-corrected chi connectivity index (χ3v) is 5.35. The number of hydrogen-bond donors (Lipinski definition) is 1. The Bertz CT molecular complexity index is 1430. The minimum atomic E-state index is -4.62. The lowest BCUT2D eigenvalue weighted by molar-refractivity contribution is -0.136. The third-order valence-electron chi connectivity index (χ3n) is 5.03. The van der Waals surface area contributed by atoms with Crippen molar-refractivity contribution in [3.63, 3.8) is 0 Å². The summed E-state index contributed by atoms with van der Waals surface area (Å²) in [5.74, 6) is 0. The van der Waals surface area contributed by atoms with Crippen LogP contribution in [0.5, 0.6) is 0 Å². The maximum atomic E-state index is 13.5. The fraction of sp³-hybridized carbons (Fsp3) is 0.0417. The van der Waals surface area contributed by atoms with Crippen LogP contribution in [0.3, 0.4) is 0 Å². The Balaban J connectivity index is 1.97. The van der Waals surface area contributed by atoms with E-state index in [1.54, 1.807) is 48.5 Å². The van der Waals surface area contributed by atoms with Crippen molar-refractivity contribution in [2.75, 3.05) is 4.90 Å². The van der Waals surface area contributed by atoms with Crippen LogP contribution in [-0.2, 0) is 6.18 Å². The van der Waals surface area contributed by atoms with E-state index in [2.05, 4.69) is 4.98 Å². The van der Waals surface area contributed by atoms with Gasteiger partial charge in [0.1, 0.15) is 6.07 Å². The molecule has 2 amide bonds. The lowest BCUT2D eigenvalue weighted by atomic mass is 9.95. The number of fused-ring (bicyclic) bond motifs is 1. The molecule has 0 fully saturated rings. The average Bonchev–Trinajstić information content (AvgIpc) is 2.78. The van der Waals surface area contributed by atoms with Gasteiger partial charge in [-0.2, -0.15) is 18.4 Å². The number of amides is 2. The van der Waals surface area contributed by atoms with Gasteiger partial charge in [0.2, 0.25) is 0 Å². The molecule has 2 N–H and O–H groups in total. The molecule has 4 rings (SSSR count). The van der Waals surface area contributed by atoms with Crippen molar-refractivity contribution in [3.8, 4) is 17.2 Å². The summed E-state index contributed by atoms with van der Waals surface area (Å²) in [6.45, 7) is 0. The lowest BCUT2D eigenvalue weighted by Crippen LogP contribution is -2.31. The van der Waals surface area contributed by atoms with Gasteiger partial charge in [0, 0.05) is 17.1 Å². The fourth-order valence-corrected chi connectivity index (χ4v) is 3.89. The summed E-state index contributed by atoms with van der Waals surface area (Å²) in [7, 11) is 0. The Labute approximate surface area is 191 Å². The molecule has 33 heavy (non-hydrogen) atoms. The number of nitrogens with zero attached hydrogens (tertiary/aromatic N) is 3. The van der Waals surface area contributed by atoms with Crippen LogP contribution in [0.1, 0.15) is 11.1 Å². The van der Waals surface area contributed by atoms with Crippen LogP contribution in [0, 0.1) is 11.3 Å². The second kappa shape index (κ2) is 8.45. The predicted octanol–water partition coefficient (Wildman–Crippen LogP) is 6.66. The van der Waals surface area contributed by atoms with Gasteiger partial charge in [0.25, 0.3) is 0 Å². The SMILES string of the molecule is N#Cc1cnc2c(C(F)(F)F)cccc2c1-c1cccc(N(C(N)=O)c2ccccc2Cl)c1. The molecule has 9 heteroatoms. The molecule has 0 saturated heterocycles. The van der Waals surface area contributed by atoms with Crippen LogP contribution in [-0.4, -0.2) is 11.0 Å². The normalized spacial score (nSPS) is 11.2. The molecule has 0 radical (unpaired) electrons. The second-order valence-electron chi connectivity index (χ2n) is 7.03. The molecule has 0 aliphatic rings. The number of nitrogens with two attached hydrogens (primary N) is 1. The molecule has 0 unspecified atom stereocenters. The highest BCUT2D eigenvalue weighted by atomic mass is 35.5. The smallest absolute Gasteiger partial charge is 0.351 e. The first-order valence-electron chi connectivity index (χ1n) is 9.56. The first kappa shape index (κ1) is 22.1. The Morgan fingerprint density at radius 3 is 2.45 bits per heavy atom. The number of rotatable bonds is 3. The average molecular weight is 467 g/mol. The maximum Gasteiger partial charge on any atom is 0.418 e. The van der Waals surface area contributed by atoms with E-state index in [1.165, 1.54) is 17.0 Å². The molecule has 1 aromatic heterocycles. The van der Waals surface area contributed by atoms with Crippen LogP contribution >= 0.6 is 11.6 Å². The Kier molecular flexibility index (Phi) is 5.66. The molecule has 0 spiro atoms. The zero-order valence-corrected chi connectivity index (χ0v) is 17.5. The minimum Gasteiger partial charge on any atom is -0.351 e. The van der Waals surface area contributed by atoms with Gasteiger partial charge < -0.3 is 5.73 Å². The van der Waals surface area contributed by atoms with E-state index in [9.17, 15) is 23.2 Å². The highest BCUT2D eigenvalue weighted by Gasteiger charge is 2.33. The summed E-state index contributed by atoms with van der Waals surface area (Å²) in [4.78, 5) is 17.4. The standard InChI is InChI=1S/C24H14ClF3N4O/c25-19-9-1-2-10-20(19)32(23(30)33)16-6-3-5-14(11-16)21-15(12-29)13-31-22-17(21)7-4-8-18(22)24(26,27)28/h1-11,13H,(H2,30,33). The summed E-state index contributed by atoms with van der Waals surface area (Å²) in [6, 6.07) is 17.8. The van der Waals surface area contributed by atoms with E-state index in [4.69, 9.17) is 17.3 Å². The highest BCUT2D eigenvalue weighted by molar-refractivity contribution is 6.34. The molecule has 3 aromatic carbocycles. The van der Waals surface area contributed by atoms with Crippen molar-refractivity contribution in [2.24, 2.45) is 5.73 Å². The predicted molar refractivity (Wildman–Crippen MR) is 120 cm³/mol. The summed E-state index contributed by atoms with van der Waals surface area (Å²) in [6.07, 6.45) is -3.51. The van der Waals surface area contributed by atoms with Gasteiger partial charge in [0.05, 0.1) is 33.0 Å². The number of aromatic nitrogens is 1. The molecule has 0 atom stereocenters. The van der Waals surface area contributed by atoms with E-state index >= 15 is 0 Å². The van der Waals surface area contributed by atoms with E-state index < -0.39 is 17.8 Å². The number of nitriles is 1. The molecule has 5 nitrogen and oxygen atoms in total. The topological polar surface area (TPSA) is 83.0 Å². The van der Waals surface area contributed by atoms with Crippen LogP contribution in [0.15, 0.2) is 72.9 Å². The molecular formula is C24H14ClF3N4O. The number of benzene rings is 3. The van der Waals surface area contributed by atoms with Gasteiger partial charge in [0.15, 0.2) is 0 Å². The minimum absolute atomic E-state index is 0.0855. The zero-order valence-electron chi connectivity index (χ0n) is 16.8. The highest BCUT2D eigenvalue weighted by Crippen LogP contribution is 2.40. The van der Waals surface area contributed by atoms with Crippen molar-refractivity contribution >= 4 is 39.9 Å². The monoisotopic (exact) mass is 466 g/mol. The van der Waals surface area contributed by atoms with E-state index in [-0.39, 0.29) is 27.1 Å². The lowest BCUT2D eigenvalue weighted by Gasteiger charge is -2.22. The zero-order chi connectivity index (χ0) is 23.8. The van der Waals surface area contributed by atoms with E-state index in [0.717, 1.165) is 12.3 Å². The van der Waals surface area contributed by atoms with Gasteiger partial charge >= 0.3 is 12.2 Å². The summed E-state index contributed by atoms with van der Waals surface area (Å²) < 4.78 is 40.6. The van der Waals surface area contributed by atoms with Crippen LogP contribution in [0.25, 0.3) is 22.0 Å². The summed E-state index contributed by atoms with van der Waals surface area (Å²) in [5, 5.41) is 10.1. The molecule has 4 aromatic rings. The van der Waals surface area contributed by atoms with Gasteiger partial charge in [-0.15, -0.1) is 0 Å². The Morgan fingerprint density at radius 1 is 1.06 bits per heavy atom. The molecule has 0 aliphatic heterocycles. The number of halogens is 4. The quantitative estimate of drug-likeness (QED) is 0.366. The number of hydrogen-bond acceptors (Lipinski definition) is 3. The molecular weight excluding hydrogens is 453 g/mol. The van der Waals surface area contributed by atoms with Crippen LogP contribution in [0.4, 0.5) is 29.3 Å². The second-order valence-corrected chi connectivity index (χ2v) is 7.44.